The number of aliphatic hydroxyl groups excluding tert-OH is 2. The highest BCUT2D eigenvalue weighted by atomic mass is 19.4. The van der Waals surface area contributed by atoms with Crippen molar-refractivity contribution < 1.29 is 57.5 Å². The van der Waals surface area contributed by atoms with Crippen molar-refractivity contribution in [2.24, 2.45) is 17.8 Å². The second-order valence-electron chi connectivity index (χ2n) is 16.4. The minimum Gasteiger partial charge on any atom is -0.459 e. The predicted octanol–water partition coefficient (Wildman–Crippen LogP) is 5.37. The number of nitrogens with zero attached hydrogens (tertiary/aromatic N) is 1. The molecule has 1 aliphatic rings. The number of halogens is 3. The fraction of sp³-hybridized carbons (Fsp3) is 0.667. The SMILES string of the molecule is CC[C@H]1OC(=O)[C@H](C)C(O)[C@H](C)[C@@H](O)[C@](C)(O)C[C@@H](C)CN[C@H](C)C(OC(=O)NCCCCCCNC(=O)c2cccnc2Nc2cccc(C(F)(F)F)c2C)[C@]1(C)O. The van der Waals surface area contributed by atoms with E-state index in [9.17, 15) is 48.0 Å². The van der Waals surface area contributed by atoms with E-state index in [1.807, 2.05) is 6.92 Å². The van der Waals surface area contributed by atoms with Gasteiger partial charge in [-0.2, -0.15) is 13.2 Å². The van der Waals surface area contributed by atoms with E-state index in [0.29, 0.717) is 38.8 Å². The monoisotopic (exact) mass is 839 g/mol. The largest absolute Gasteiger partial charge is 0.459 e. The summed E-state index contributed by atoms with van der Waals surface area (Å²) in [5.41, 5.74) is -3.93. The van der Waals surface area contributed by atoms with Gasteiger partial charge in [-0.3, -0.25) is 9.59 Å². The number of alkyl halides is 3. The third kappa shape index (κ3) is 13.5. The van der Waals surface area contributed by atoms with Gasteiger partial charge < -0.3 is 51.2 Å². The van der Waals surface area contributed by atoms with Crippen LogP contribution >= 0.6 is 0 Å². The number of nitrogens with one attached hydrogen (secondary N) is 4. The van der Waals surface area contributed by atoms with Crippen molar-refractivity contribution in [3.63, 3.8) is 0 Å². The number of esters is 1. The molecule has 332 valence electrons. The van der Waals surface area contributed by atoms with Crippen molar-refractivity contribution in [1.29, 1.82) is 0 Å². The van der Waals surface area contributed by atoms with Gasteiger partial charge in [0.1, 0.15) is 17.5 Å². The van der Waals surface area contributed by atoms with Crippen LogP contribution in [0, 0.1) is 24.7 Å². The molecule has 59 heavy (non-hydrogen) atoms. The second-order valence-corrected chi connectivity index (χ2v) is 16.4. The molecule has 2 amide bonds. The van der Waals surface area contributed by atoms with E-state index in [1.165, 1.54) is 52.1 Å². The van der Waals surface area contributed by atoms with E-state index in [2.05, 4.69) is 26.3 Å². The van der Waals surface area contributed by atoms with Gasteiger partial charge in [-0.1, -0.05) is 39.7 Å². The zero-order valence-electron chi connectivity index (χ0n) is 35.4. The average Bonchev–Trinajstić information content (AvgIpc) is 3.17. The standard InChI is InChI=1S/C42H64F3N5O9/c1-9-32-41(8,57)35(28(6)49-23-24(2)22-40(7,56)34(52)26(4)33(51)27(5)38(54)58-32)59-39(55)48-20-13-11-10-12-19-47-37(53)29-16-15-21-46-36(29)50-31-18-14-17-30(25(31)3)42(43,44)45/h14-18,21,24,26-28,32-35,49,51-52,56-57H,9-13,19-20,22-23H2,1-8H3,(H,46,50)(H,47,53)(H,48,55)/t24-,26+,27-,28-,32-,33?,34-,35?,40-,41-/m1/s1. The second kappa shape index (κ2) is 21.5. The fourth-order valence-corrected chi connectivity index (χ4v) is 7.66. The molecule has 0 aliphatic carbocycles. The molecule has 1 aromatic carbocycles. The quantitative estimate of drug-likeness (QED) is 0.100. The van der Waals surface area contributed by atoms with Crippen LogP contribution in [0.3, 0.4) is 0 Å². The lowest BCUT2D eigenvalue weighted by molar-refractivity contribution is -0.190. The Labute approximate surface area is 345 Å². The molecular formula is C42H64F3N5O9. The number of carbonyl (C=O) groups excluding carboxylic acids is 3. The molecule has 8 N–H and O–H groups in total. The highest BCUT2D eigenvalue weighted by Crippen LogP contribution is 2.36. The molecule has 2 unspecified atom stereocenters. The zero-order chi connectivity index (χ0) is 44.3. The molecule has 0 bridgehead atoms. The Hall–Kier alpha value is -4.03. The summed E-state index contributed by atoms with van der Waals surface area (Å²) in [6.07, 6.45) is -6.09. The van der Waals surface area contributed by atoms with E-state index in [0.717, 1.165) is 6.07 Å². The summed E-state index contributed by atoms with van der Waals surface area (Å²) in [7, 11) is 0. The minimum absolute atomic E-state index is 0.0196. The predicted molar refractivity (Wildman–Crippen MR) is 216 cm³/mol. The Bertz CT molecular complexity index is 1690. The summed E-state index contributed by atoms with van der Waals surface area (Å²) in [6, 6.07) is 6.18. The van der Waals surface area contributed by atoms with Crippen LogP contribution in [0.2, 0.25) is 0 Å². The maximum Gasteiger partial charge on any atom is 0.416 e. The lowest BCUT2D eigenvalue weighted by Gasteiger charge is -2.41. The molecule has 0 radical (unpaired) electrons. The van der Waals surface area contributed by atoms with Crippen LogP contribution in [0.15, 0.2) is 36.5 Å². The third-order valence-corrected chi connectivity index (χ3v) is 11.3. The highest BCUT2D eigenvalue weighted by Gasteiger charge is 2.48. The van der Waals surface area contributed by atoms with Crippen LogP contribution < -0.4 is 21.3 Å². The summed E-state index contributed by atoms with van der Waals surface area (Å²) in [6.45, 7) is 13.4. The zero-order valence-corrected chi connectivity index (χ0v) is 35.4. The first-order chi connectivity index (χ1) is 27.5. The molecule has 2 heterocycles. The van der Waals surface area contributed by atoms with Gasteiger partial charge in [-0.05, 0) is 103 Å². The number of aliphatic hydroxyl groups is 4. The summed E-state index contributed by atoms with van der Waals surface area (Å²) in [5.74, 6) is -3.34. The van der Waals surface area contributed by atoms with E-state index >= 15 is 0 Å². The molecule has 14 nitrogen and oxygen atoms in total. The number of benzene rings is 1. The number of ether oxygens (including phenoxy) is 2. The number of aromatic nitrogens is 1. The summed E-state index contributed by atoms with van der Waals surface area (Å²) in [5, 5.41) is 56.7. The van der Waals surface area contributed by atoms with Gasteiger partial charge in [0.15, 0.2) is 6.10 Å². The molecule has 2 aromatic rings. The van der Waals surface area contributed by atoms with Crippen LogP contribution in [-0.2, 0) is 20.4 Å². The number of cyclic esters (lactones) is 1. The number of hydrogen-bond acceptors (Lipinski definition) is 12. The molecular weight excluding hydrogens is 775 g/mol. The molecule has 1 fully saturated rings. The summed E-state index contributed by atoms with van der Waals surface area (Å²) >= 11 is 0. The molecule has 0 spiro atoms. The highest BCUT2D eigenvalue weighted by molar-refractivity contribution is 5.99. The molecule has 10 atom stereocenters. The van der Waals surface area contributed by atoms with E-state index in [1.54, 1.807) is 26.8 Å². The van der Waals surface area contributed by atoms with E-state index in [-0.39, 0.29) is 47.9 Å². The molecule has 1 aromatic heterocycles. The van der Waals surface area contributed by atoms with Crippen LogP contribution in [-0.4, -0.2) is 105 Å². The van der Waals surface area contributed by atoms with Gasteiger partial charge in [-0.15, -0.1) is 0 Å². The maximum absolute atomic E-state index is 13.4. The Morgan fingerprint density at radius 3 is 2.27 bits per heavy atom. The van der Waals surface area contributed by atoms with Crippen LogP contribution in [0.25, 0.3) is 0 Å². The molecule has 3 rings (SSSR count). The first-order valence-corrected chi connectivity index (χ1v) is 20.4. The minimum atomic E-state index is -4.53. The Morgan fingerprint density at radius 2 is 1.64 bits per heavy atom. The Balaban J connectivity index is 1.55. The van der Waals surface area contributed by atoms with Gasteiger partial charge in [0.05, 0.1) is 34.9 Å². The normalized spacial score (nSPS) is 30.0. The van der Waals surface area contributed by atoms with Crippen molar-refractivity contribution in [1.82, 2.24) is 20.9 Å². The van der Waals surface area contributed by atoms with Crippen LogP contribution in [0.5, 0.6) is 0 Å². The van der Waals surface area contributed by atoms with Gasteiger partial charge >= 0.3 is 18.2 Å². The van der Waals surface area contributed by atoms with Gasteiger partial charge in [0.25, 0.3) is 5.91 Å². The summed E-state index contributed by atoms with van der Waals surface area (Å²) in [4.78, 5) is 43.6. The fourth-order valence-electron chi connectivity index (χ4n) is 7.66. The molecule has 1 saturated heterocycles. The number of rotatable bonds is 12. The molecule has 0 saturated carbocycles. The van der Waals surface area contributed by atoms with E-state index in [4.69, 9.17) is 9.47 Å². The van der Waals surface area contributed by atoms with Gasteiger partial charge in [-0.25, -0.2) is 9.78 Å². The number of carbonyl (C=O) groups is 3. The van der Waals surface area contributed by atoms with Crippen molar-refractivity contribution in [2.45, 2.75) is 142 Å². The molecule has 1 aliphatic heterocycles. The first-order valence-electron chi connectivity index (χ1n) is 20.4. The van der Waals surface area contributed by atoms with Crippen LogP contribution in [0.4, 0.5) is 29.5 Å². The third-order valence-electron chi connectivity index (χ3n) is 11.3. The number of anilines is 2. The van der Waals surface area contributed by atoms with E-state index < -0.39 is 83.2 Å². The summed E-state index contributed by atoms with van der Waals surface area (Å²) < 4.78 is 51.8. The van der Waals surface area contributed by atoms with Crippen molar-refractivity contribution >= 4 is 29.5 Å². The number of alkyl carbamates (subject to hydrolysis) is 1. The number of amides is 2. The van der Waals surface area contributed by atoms with Gasteiger partial charge in [0, 0.05) is 36.9 Å². The topological polar surface area (TPSA) is 212 Å². The number of pyridine rings is 1. The lowest BCUT2D eigenvalue weighted by Crippen LogP contribution is -2.61. The lowest BCUT2D eigenvalue weighted by atomic mass is 9.78. The van der Waals surface area contributed by atoms with Crippen molar-refractivity contribution in [3.8, 4) is 0 Å². The number of hydrogen-bond donors (Lipinski definition) is 8. The maximum atomic E-state index is 13.4. The molecule has 17 heteroatoms. The number of unbranched alkanes of at least 4 members (excludes halogenated alkanes) is 3. The van der Waals surface area contributed by atoms with Crippen molar-refractivity contribution in [2.75, 3.05) is 25.0 Å². The van der Waals surface area contributed by atoms with Gasteiger partial charge in [0.2, 0.25) is 0 Å². The average molecular weight is 840 g/mol. The first kappa shape index (κ1) is 49.3. The van der Waals surface area contributed by atoms with Crippen LogP contribution in [0.1, 0.15) is 108 Å². The Kier molecular flexibility index (Phi) is 18.0. The Morgan fingerprint density at radius 1 is 1.00 bits per heavy atom. The smallest absolute Gasteiger partial charge is 0.416 e. The van der Waals surface area contributed by atoms with Crippen molar-refractivity contribution in [3.05, 3.63) is 53.2 Å².